The molecule has 3 nitrogen and oxygen atoms in total. The van der Waals surface area contributed by atoms with Crippen LogP contribution in [0.4, 0.5) is 9.57 Å². The van der Waals surface area contributed by atoms with Crippen molar-refractivity contribution < 1.29 is 12.3 Å². The van der Waals surface area contributed by atoms with Gasteiger partial charge in [-0.1, -0.05) is 18.2 Å². The third-order valence-corrected chi connectivity index (χ3v) is 3.42. The molecule has 0 unspecified atom stereocenters. The average Bonchev–Trinajstić information content (AvgIpc) is 2.69. The summed E-state index contributed by atoms with van der Waals surface area (Å²) >= 11 is 0. The summed E-state index contributed by atoms with van der Waals surface area (Å²) in [5.41, 5.74) is 1.40. The predicted octanol–water partition coefficient (Wildman–Crippen LogP) is 2.09. The Kier molecular flexibility index (Phi) is 3.14. The zero-order valence-electron chi connectivity index (χ0n) is 8.89. The van der Waals surface area contributed by atoms with Gasteiger partial charge in [-0.25, -0.2) is 0 Å². The van der Waals surface area contributed by atoms with E-state index in [4.69, 9.17) is 0 Å². The van der Waals surface area contributed by atoms with Gasteiger partial charge in [-0.05, 0) is 24.5 Å². The van der Waals surface area contributed by atoms with Crippen LogP contribution in [0.2, 0.25) is 0 Å². The maximum Gasteiger partial charge on any atom is 0.306 e. The number of hydrogen-bond donors (Lipinski definition) is 0. The Morgan fingerprint density at radius 3 is 2.44 bits per heavy atom. The molecular formula is C11H14FNO2S. The van der Waals surface area contributed by atoms with Crippen molar-refractivity contribution in [3.63, 3.8) is 0 Å². The smallest absolute Gasteiger partial charge is 0.306 e. The highest BCUT2D eigenvalue weighted by atomic mass is 32.3. The summed E-state index contributed by atoms with van der Waals surface area (Å²) in [6, 6.07) is 7.11. The fraction of sp³-hybridized carbons (Fsp3) is 0.455. The molecule has 0 aromatic heterocycles. The van der Waals surface area contributed by atoms with Crippen molar-refractivity contribution in [2.45, 2.75) is 18.6 Å². The van der Waals surface area contributed by atoms with Gasteiger partial charge in [0.1, 0.15) is 5.75 Å². The molecule has 1 aliphatic rings. The second-order valence-electron chi connectivity index (χ2n) is 4.01. The Balaban J connectivity index is 2.30. The van der Waals surface area contributed by atoms with Crippen LogP contribution < -0.4 is 4.90 Å². The van der Waals surface area contributed by atoms with Gasteiger partial charge in [0.2, 0.25) is 0 Å². The first-order valence-electron chi connectivity index (χ1n) is 5.31. The number of para-hydroxylation sites is 1. The molecule has 0 spiro atoms. The van der Waals surface area contributed by atoms with Crippen molar-refractivity contribution in [2.24, 2.45) is 0 Å². The summed E-state index contributed by atoms with van der Waals surface area (Å²) in [4.78, 5) is 2.11. The molecule has 1 saturated heterocycles. The van der Waals surface area contributed by atoms with E-state index in [-0.39, 0.29) is 0 Å². The highest BCUT2D eigenvalue weighted by Crippen LogP contribution is 2.26. The van der Waals surface area contributed by atoms with Crippen LogP contribution in [-0.4, -0.2) is 21.5 Å². The highest BCUT2D eigenvalue weighted by Gasteiger charge is 2.18. The van der Waals surface area contributed by atoms with Crippen LogP contribution in [0.1, 0.15) is 18.4 Å². The van der Waals surface area contributed by atoms with Crippen molar-refractivity contribution in [3.05, 3.63) is 29.8 Å². The lowest BCUT2D eigenvalue weighted by atomic mass is 10.2. The van der Waals surface area contributed by atoms with Gasteiger partial charge in [-0.2, -0.15) is 8.42 Å². The first-order chi connectivity index (χ1) is 7.56. The zero-order valence-corrected chi connectivity index (χ0v) is 9.71. The summed E-state index contributed by atoms with van der Waals surface area (Å²) in [6.45, 7) is 1.84. The molecule has 0 N–H and O–H groups in total. The quantitative estimate of drug-likeness (QED) is 0.763. The van der Waals surface area contributed by atoms with Gasteiger partial charge in [-0.3, -0.25) is 0 Å². The van der Waals surface area contributed by atoms with E-state index in [2.05, 4.69) is 4.90 Å². The number of anilines is 1. The molecule has 1 fully saturated rings. The summed E-state index contributed by atoms with van der Waals surface area (Å²) in [7, 11) is -4.46. The lowest BCUT2D eigenvalue weighted by Gasteiger charge is -2.20. The third kappa shape index (κ3) is 2.72. The molecule has 0 bridgehead atoms. The summed E-state index contributed by atoms with van der Waals surface area (Å²) in [6.07, 6.45) is 2.22. The second kappa shape index (κ2) is 4.41. The van der Waals surface area contributed by atoms with Crippen LogP contribution in [0.3, 0.4) is 0 Å². The average molecular weight is 243 g/mol. The van der Waals surface area contributed by atoms with Crippen molar-refractivity contribution in [3.8, 4) is 0 Å². The molecule has 0 saturated carbocycles. The lowest BCUT2D eigenvalue weighted by molar-refractivity contribution is 0.551. The topological polar surface area (TPSA) is 37.4 Å². The molecule has 1 aromatic carbocycles. The maximum atomic E-state index is 12.7. The van der Waals surface area contributed by atoms with Crippen LogP contribution in [0.25, 0.3) is 0 Å². The van der Waals surface area contributed by atoms with Gasteiger partial charge in [-0.15, -0.1) is 3.89 Å². The molecule has 2 rings (SSSR count). The van der Waals surface area contributed by atoms with Gasteiger partial charge >= 0.3 is 10.2 Å². The molecule has 0 amide bonds. The zero-order chi connectivity index (χ0) is 11.6. The van der Waals surface area contributed by atoms with Crippen molar-refractivity contribution in [1.29, 1.82) is 0 Å². The minimum Gasteiger partial charge on any atom is -0.371 e. The van der Waals surface area contributed by atoms with E-state index in [1.807, 2.05) is 12.1 Å². The van der Waals surface area contributed by atoms with Gasteiger partial charge in [0, 0.05) is 18.8 Å². The largest absolute Gasteiger partial charge is 0.371 e. The molecule has 0 aliphatic carbocycles. The van der Waals surface area contributed by atoms with Crippen LogP contribution in [0.15, 0.2) is 24.3 Å². The van der Waals surface area contributed by atoms with Crippen molar-refractivity contribution in [2.75, 3.05) is 18.0 Å². The van der Waals surface area contributed by atoms with Crippen LogP contribution in [0.5, 0.6) is 0 Å². The number of hydrogen-bond acceptors (Lipinski definition) is 3. The lowest BCUT2D eigenvalue weighted by Crippen LogP contribution is -2.19. The molecule has 1 heterocycles. The summed E-state index contributed by atoms with van der Waals surface area (Å²) < 4.78 is 34.1. The number of benzene rings is 1. The Hall–Kier alpha value is -1.10. The Morgan fingerprint density at radius 1 is 1.19 bits per heavy atom. The highest BCUT2D eigenvalue weighted by molar-refractivity contribution is 7.85. The standard InChI is InChI=1S/C11H14FNO2S/c12-16(14,15)9-10-5-1-2-6-11(10)13-7-3-4-8-13/h1-2,5-6H,3-4,7-9H2. The Bertz CT molecular complexity index is 467. The summed E-state index contributed by atoms with van der Waals surface area (Å²) in [5, 5.41) is 0. The SMILES string of the molecule is O=S(=O)(F)Cc1ccccc1N1CCCC1. The first kappa shape index (κ1) is 11.4. The van der Waals surface area contributed by atoms with E-state index in [9.17, 15) is 12.3 Å². The number of rotatable bonds is 3. The Morgan fingerprint density at radius 2 is 1.81 bits per heavy atom. The van der Waals surface area contributed by atoms with Gasteiger partial charge in [0.15, 0.2) is 0 Å². The molecule has 88 valence electrons. The molecule has 1 aliphatic heterocycles. The van der Waals surface area contributed by atoms with E-state index in [1.165, 1.54) is 0 Å². The fourth-order valence-electron chi connectivity index (χ4n) is 2.09. The summed E-state index contributed by atoms with van der Waals surface area (Å²) in [5.74, 6) is -0.528. The normalized spacial score (nSPS) is 16.7. The molecule has 0 radical (unpaired) electrons. The van der Waals surface area contributed by atoms with Gasteiger partial charge in [0.05, 0.1) is 0 Å². The fourth-order valence-corrected chi connectivity index (χ4v) is 2.70. The van der Waals surface area contributed by atoms with Crippen LogP contribution in [0, 0.1) is 0 Å². The van der Waals surface area contributed by atoms with E-state index >= 15 is 0 Å². The van der Waals surface area contributed by atoms with E-state index in [1.54, 1.807) is 12.1 Å². The van der Waals surface area contributed by atoms with Gasteiger partial charge in [0.25, 0.3) is 0 Å². The van der Waals surface area contributed by atoms with E-state index < -0.39 is 16.0 Å². The van der Waals surface area contributed by atoms with Gasteiger partial charge < -0.3 is 4.90 Å². The molecule has 16 heavy (non-hydrogen) atoms. The molecule has 5 heteroatoms. The minimum atomic E-state index is -4.46. The third-order valence-electron chi connectivity index (χ3n) is 2.77. The monoisotopic (exact) mass is 243 g/mol. The number of nitrogens with zero attached hydrogens (tertiary/aromatic N) is 1. The van der Waals surface area contributed by atoms with Crippen LogP contribution >= 0.6 is 0 Å². The maximum absolute atomic E-state index is 12.7. The van der Waals surface area contributed by atoms with Crippen molar-refractivity contribution >= 4 is 15.9 Å². The molecule has 1 aromatic rings. The van der Waals surface area contributed by atoms with Crippen LogP contribution in [-0.2, 0) is 16.0 Å². The van der Waals surface area contributed by atoms with Crippen molar-refractivity contribution in [1.82, 2.24) is 0 Å². The second-order valence-corrected chi connectivity index (χ2v) is 5.37. The Labute approximate surface area is 95.1 Å². The first-order valence-corrected chi connectivity index (χ1v) is 6.87. The van der Waals surface area contributed by atoms with E-state index in [0.717, 1.165) is 31.6 Å². The predicted molar refractivity (Wildman–Crippen MR) is 61.6 cm³/mol. The van der Waals surface area contributed by atoms with E-state index in [0.29, 0.717) is 5.56 Å². The number of halogens is 1. The molecular weight excluding hydrogens is 229 g/mol. The molecule has 0 atom stereocenters. The minimum absolute atomic E-state index is 0.528.